The van der Waals surface area contributed by atoms with Gasteiger partial charge in [-0.3, -0.25) is 4.99 Å². The molecule has 0 atom stereocenters. The van der Waals surface area contributed by atoms with Crippen molar-refractivity contribution in [3.8, 4) is 0 Å². The van der Waals surface area contributed by atoms with Gasteiger partial charge in [0.25, 0.3) is 0 Å². The van der Waals surface area contributed by atoms with Gasteiger partial charge in [-0.25, -0.2) is 4.98 Å². The molecule has 0 radical (unpaired) electrons. The predicted octanol–water partition coefficient (Wildman–Crippen LogP) is 3.38. The number of rotatable bonds is 6. The highest BCUT2D eigenvalue weighted by Gasteiger charge is 2.19. The first-order chi connectivity index (χ1) is 12.0. The maximum absolute atomic E-state index is 5.99. The Balaban J connectivity index is 1.66. The zero-order valence-electron chi connectivity index (χ0n) is 16.2. The zero-order valence-corrected chi connectivity index (χ0v) is 16.2. The van der Waals surface area contributed by atoms with E-state index in [-0.39, 0.29) is 5.41 Å². The van der Waals surface area contributed by atoms with Crippen LogP contribution in [0.4, 0.5) is 0 Å². The first-order valence-corrected chi connectivity index (χ1v) is 9.50. The molecule has 0 amide bonds. The Morgan fingerprint density at radius 1 is 1.24 bits per heavy atom. The first kappa shape index (κ1) is 19.8. The smallest absolute Gasteiger partial charge is 0.213 e. The van der Waals surface area contributed by atoms with E-state index in [1.54, 1.807) is 13.2 Å². The zero-order chi connectivity index (χ0) is 18.1. The molecule has 0 bridgehead atoms. The Morgan fingerprint density at radius 2 is 1.96 bits per heavy atom. The van der Waals surface area contributed by atoms with E-state index < -0.39 is 0 Å². The molecule has 0 spiro atoms. The summed E-state index contributed by atoms with van der Waals surface area (Å²) in [5.41, 5.74) is -0.0273. The van der Waals surface area contributed by atoms with Crippen LogP contribution in [0.3, 0.4) is 0 Å². The summed E-state index contributed by atoms with van der Waals surface area (Å²) in [6, 6.07) is 0. The van der Waals surface area contributed by atoms with E-state index in [0.29, 0.717) is 25.1 Å². The van der Waals surface area contributed by atoms with Crippen LogP contribution >= 0.6 is 0 Å². The second-order valence-electron chi connectivity index (χ2n) is 7.71. The van der Waals surface area contributed by atoms with E-state index in [4.69, 9.17) is 9.15 Å². The molecule has 2 N–H and O–H groups in total. The highest BCUT2D eigenvalue weighted by Crippen LogP contribution is 2.22. The van der Waals surface area contributed by atoms with Crippen molar-refractivity contribution in [3.05, 3.63) is 17.8 Å². The van der Waals surface area contributed by atoms with Crippen molar-refractivity contribution in [1.29, 1.82) is 0 Å². The fourth-order valence-corrected chi connectivity index (χ4v) is 2.92. The third-order valence-electron chi connectivity index (χ3n) is 4.47. The number of hydrogen-bond acceptors (Lipinski definition) is 4. The van der Waals surface area contributed by atoms with Crippen LogP contribution in [0.15, 0.2) is 15.6 Å². The summed E-state index contributed by atoms with van der Waals surface area (Å²) in [6.45, 7) is 8.30. The molecular formula is C19H34N4O2. The van der Waals surface area contributed by atoms with Crippen LogP contribution in [0, 0.1) is 0 Å². The normalized spacial score (nSPS) is 17.4. The van der Waals surface area contributed by atoms with Gasteiger partial charge in [0, 0.05) is 19.0 Å². The van der Waals surface area contributed by atoms with Crippen molar-refractivity contribution in [2.45, 2.75) is 77.4 Å². The van der Waals surface area contributed by atoms with Gasteiger partial charge in [0.15, 0.2) is 5.96 Å². The molecule has 142 valence electrons. The van der Waals surface area contributed by atoms with Gasteiger partial charge in [0.2, 0.25) is 5.89 Å². The standard InChI is InChI=1S/C19H34N4O2/c1-19(2,3)16-13-22-17(25-16)14-23-18(20-4)21-11-12-24-15-9-7-5-6-8-10-15/h13,15H,5-12,14H2,1-4H3,(H2,20,21,23). The van der Waals surface area contributed by atoms with Crippen molar-refractivity contribution >= 4 is 5.96 Å². The highest BCUT2D eigenvalue weighted by molar-refractivity contribution is 5.79. The van der Waals surface area contributed by atoms with E-state index in [2.05, 4.69) is 41.4 Å². The first-order valence-electron chi connectivity index (χ1n) is 9.50. The summed E-state index contributed by atoms with van der Waals surface area (Å²) in [5.74, 6) is 2.30. The third kappa shape index (κ3) is 7.06. The third-order valence-corrected chi connectivity index (χ3v) is 4.47. The molecule has 2 rings (SSSR count). The summed E-state index contributed by atoms with van der Waals surface area (Å²) < 4.78 is 11.8. The lowest BCUT2D eigenvalue weighted by molar-refractivity contribution is 0.0468. The Labute approximate surface area is 151 Å². The summed E-state index contributed by atoms with van der Waals surface area (Å²) >= 11 is 0. The van der Waals surface area contributed by atoms with Crippen LogP contribution in [0.5, 0.6) is 0 Å². The van der Waals surface area contributed by atoms with Gasteiger partial charge < -0.3 is 19.8 Å². The molecule has 1 heterocycles. The minimum atomic E-state index is -0.0273. The highest BCUT2D eigenvalue weighted by atomic mass is 16.5. The molecule has 6 nitrogen and oxygen atoms in total. The summed E-state index contributed by atoms with van der Waals surface area (Å²) in [7, 11) is 1.76. The van der Waals surface area contributed by atoms with Gasteiger partial charge in [-0.05, 0) is 12.8 Å². The fraction of sp³-hybridized carbons (Fsp3) is 0.789. The van der Waals surface area contributed by atoms with E-state index in [9.17, 15) is 0 Å². The van der Waals surface area contributed by atoms with Crippen LogP contribution < -0.4 is 10.6 Å². The molecule has 1 aliphatic carbocycles. The number of aliphatic imine (C=N–C) groups is 1. The number of oxazole rings is 1. The van der Waals surface area contributed by atoms with Crippen molar-refractivity contribution in [2.75, 3.05) is 20.2 Å². The second kappa shape index (κ2) is 9.80. The van der Waals surface area contributed by atoms with Crippen LogP contribution in [0.25, 0.3) is 0 Å². The van der Waals surface area contributed by atoms with E-state index >= 15 is 0 Å². The molecule has 1 aliphatic rings. The molecule has 6 heteroatoms. The Hall–Kier alpha value is -1.56. The van der Waals surface area contributed by atoms with Crippen LogP contribution in [0.2, 0.25) is 0 Å². The molecule has 1 aromatic heterocycles. The van der Waals surface area contributed by atoms with Gasteiger partial charge in [0.05, 0.1) is 25.5 Å². The largest absolute Gasteiger partial charge is 0.443 e. The number of nitrogens with zero attached hydrogens (tertiary/aromatic N) is 2. The van der Waals surface area contributed by atoms with Crippen molar-refractivity contribution in [2.24, 2.45) is 4.99 Å². The molecule has 25 heavy (non-hydrogen) atoms. The van der Waals surface area contributed by atoms with Crippen LogP contribution in [0.1, 0.15) is 70.9 Å². The van der Waals surface area contributed by atoms with Crippen molar-refractivity contribution in [3.63, 3.8) is 0 Å². The Bertz CT molecular complexity index is 526. The molecule has 0 unspecified atom stereocenters. The number of hydrogen-bond donors (Lipinski definition) is 2. The van der Waals surface area contributed by atoms with Gasteiger partial charge in [-0.2, -0.15) is 0 Å². The van der Waals surface area contributed by atoms with Gasteiger partial charge in [0.1, 0.15) is 5.76 Å². The molecule has 1 saturated carbocycles. The monoisotopic (exact) mass is 350 g/mol. The number of guanidine groups is 1. The predicted molar refractivity (Wildman–Crippen MR) is 101 cm³/mol. The number of nitrogens with one attached hydrogen (secondary N) is 2. The average Bonchev–Trinajstić information content (AvgIpc) is 2.91. The SMILES string of the molecule is CN=C(NCCOC1CCCCCC1)NCc1ncc(C(C)(C)C)o1. The minimum absolute atomic E-state index is 0.0273. The van der Waals surface area contributed by atoms with Crippen molar-refractivity contribution in [1.82, 2.24) is 15.6 Å². The molecule has 0 aromatic carbocycles. The van der Waals surface area contributed by atoms with Gasteiger partial charge >= 0.3 is 0 Å². The molecule has 0 saturated heterocycles. The Morgan fingerprint density at radius 3 is 2.56 bits per heavy atom. The lowest BCUT2D eigenvalue weighted by Crippen LogP contribution is -2.39. The lowest BCUT2D eigenvalue weighted by Gasteiger charge is -2.16. The second-order valence-corrected chi connectivity index (χ2v) is 7.71. The molecular weight excluding hydrogens is 316 g/mol. The fourth-order valence-electron chi connectivity index (χ4n) is 2.92. The van der Waals surface area contributed by atoms with Gasteiger partial charge in [-0.15, -0.1) is 0 Å². The van der Waals surface area contributed by atoms with Gasteiger partial charge in [-0.1, -0.05) is 46.5 Å². The number of ether oxygens (including phenoxy) is 1. The molecule has 1 aromatic rings. The van der Waals surface area contributed by atoms with E-state index in [1.165, 1.54) is 38.5 Å². The maximum Gasteiger partial charge on any atom is 0.213 e. The molecule has 1 fully saturated rings. The lowest BCUT2D eigenvalue weighted by atomic mass is 9.94. The van der Waals surface area contributed by atoms with Crippen LogP contribution in [-0.2, 0) is 16.7 Å². The summed E-state index contributed by atoms with van der Waals surface area (Å²) in [5, 5.41) is 6.50. The Kier molecular flexibility index (Phi) is 7.75. The van der Waals surface area contributed by atoms with E-state index in [0.717, 1.165) is 18.3 Å². The average molecular weight is 351 g/mol. The topological polar surface area (TPSA) is 71.7 Å². The minimum Gasteiger partial charge on any atom is -0.443 e. The quantitative estimate of drug-likeness (QED) is 0.356. The summed E-state index contributed by atoms with van der Waals surface area (Å²) in [4.78, 5) is 8.55. The maximum atomic E-state index is 5.99. The van der Waals surface area contributed by atoms with E-state index in [1.807, 2.05) is 0 Å². The number of aromatic nitrogens is 1. The molecule has 0 aliphatic heterocycles. The van der Waals surface area contributed by atoms with Crippen LogP contribution in [-0.4, -0.2) is 37.2 Å². The van der Waals surface area contributed by atoms with Crippen molar-refractivity contribution < 1.29 is 9.15 Å². The summed E-state index contributed by atoms with van der Waals surface area (Å²) in [6.07, 6.45) is 9.94.